The average Bonchev–Trinajstić information content (AvgIpc) is 3.27. The number of carbonyl (C=O) groups is 1. The van der Waals surface area contributed by atoms with E-state index >= 15 is 0 Å². The zero-order valence-corrected chi connectivity index (χ0v) is 13.1. The van der Waals surface area contributed by atoms with Crippen molar-refractivity contribution in [3.05, 3.63) is 30.0 Å². The normalized spacial score (nSPS) is 16.3. The maximum Gasteiger partial charge on any atom is 0.251 e. The molecule has 1 saturated heterocycles. The molecule has 7 heteroatoms. The zero-order chi connectivity index (χ0) is 16.4. The fourth-order valence-corrected chi connectivity index (χ4v) is 2.20. The maximum atomic E-state index is 12.0. The summed E-state index contributed by atoms with van der Waals surface area (Å²) in [6, 6.07) is 5.50. The topological polar surface area (TPSA) is 115 Å². The smallest absolute Gasteiger partial charge is 0.251 e. The molecule has 0 aliphatic carbocycles. The van der Waals surface area contributed by atoms with Crippen molar-refractivity contribution in [3.63, 3.8) is 0 Å². The molecule has 122 valence electrons. The van der Waals surface area contributed by atoms with Gasteiger partial charge in [-0.05, 0) is 31.0 Å². The second-order valence-corrected chi connectivity index (χ2v) is 4.52. The molecule has 2 aromatic rings. The molecule has 2 heterocycles. The van der Waals surface area contributed by atoms with Crippen molar-refractivity contribution in [2.75, 3.05) is 13.2 Å². The first-order chi connectivity index (χ1) is 10.8. The fourth-order valence-electron chi connectivity index (χ4n) is 2.20. The number of fused-ring (bicyclic) bond motifs is 1. The molecule has 1 atom stereocenters. The lowest BCUT2D eigenvalue weighted by molar-refractivity contribution is -0.670. The van der Waals surface area contributed by atoms with Crippen LogP contribution in [0, 0.1) is 0 Å². The predicted octanol–water partition coefficient (Wildman–Crippen LogP) is 1.12. The Labute approximate surface area is 129 Å². The van der Waals surface area contributed by atoms with Crippen molar-refractivity contribution < 1.29 is 20.6 Å². The van der Waals surface area contributed by atoms with Crippen LogP contribution in [0.5, 0.6) is 0 Å². The van der Waals surface area contributed by atoms with Gasteiger partial charge in [-0.1, -0.05) is 13.8 Å². The standard InChI is InChI=1S/C13H15N3O2.C2H6.H4NO/c17-13(14-8-11-2-1-5-18-11)9-3-4-12-10(6-9)7-15-16-12;2*1-2/h3-4,6-7,11H,1-2,5,8H2,(H,14,17)(H,15,16);1-2H3;2H,1H3/q;;+1. The van der Waals surface area contributed by atoms with Crippen molar-refractivity contribution >= 4 is 16.8 Å². The third-order valence-electron chi connectivity index (χ3n) is 3.22. The summed E-state index contributed by atoms with van der Waals surface area (Å²) in [5.74, 6) is 2.19. The van der Waals surface area contributed by atoms with Gasteiger partial charge in [0.1, 0.15) is 0 Å². The van der Waals surface area contributed by atoms with E-state index in [4.69, 9.17) is 9.94 Å². The lowest BCUT2D eigenvalue weighted by Crippen LogP contribution is -2.42. The largest absolute Gasteiger partial charge is 0.376 e. The number of hydrogen-bond donors (Lipinski definition) is 4. The molecule has 6 N–H and O–H groups in total. The molecular formula is C15H25N4O3+. The number of nitrogens with zero attached hydrogens (tertiary/aromatic N) is 1. The quantitative estimate of drug-likeness (QED) is 0.636. The molecule has 0 radical (unpaired) electrons. The third-order valence-corrected chi connectivity index (χ3v) is 3.22. The Balaban J connectivity index is 0.000000561. The van der Waals surface area contributed by atoms with E-state index in [1.807, 2.05) is 26.0 Å². The summed E-state index contributed by atoms with van der Waals surface area (Å²) in [6.07, 6.45) is 4.00. The highest BCUT2D eigenvalue weighted by atomic mass is 16.5. The molecule has 1 amide bonds. The van der Waals surface area contributed by atoms with Gasteiger partial charge >= 0.3 is 0 Å². The maximum absolute atomic E-state index is 12.0. The Bertz CT molecular complexity index is 565. The number of hydrogen-bond acceptors (Lipinski definition) is 4. The fraction of sp³-hybridized carbons (Fsp3) is 0.467. The van der Waals surface area contributed by atoms with E-state index < -0.39 is 0 Å². The number of amides is 1. The molecule has 0 saturated carbocycles. The first-order valence-electron chi connectivity index (χ1n) is 7.47. The summed E-state index contributed by atoms with van der Waals surface area (Å²) in [5, 5.41) is 17.4. The van der Waals surface area contributed by atoms with Crippen LogP contribution in [0.25, 0.3) is 10.9 Å². The summed E-state index contributed by atoms with van der Waals surface area (Å²) < 4.78 is 5.47. The van der Waals surface area contributed by atoms with Crippen molar-refractivity contribution in [2.24, 2.45) is 0 Å². The van der Waals surface area contributed by atoms with Gasteiger partial charge in [0.05, 0.1) is 17.8 Å². The minimum absolute atomic E-state index is 0.0615. The molecule has 0 spiro atoms. The van der Waals surface area contributed by atoms with E-state index in [9.17, 15) is 4.79 Å². The lowest BCUT2D eigenvalue weighted by Gasteiger charge is -2.10. The number of H-pyrrole nitrogens is 1. The van der Waals surface area contributed by atoms with Crippen LogP contribution in [0.15, 0.2) is 24.4 Å². The summed E-state index contributed by atoms with van der Waals surface area (Å²) >= 11 is 0. The number of rotatable bonds is 3. The second kappa shape index (κ2) is 9.88. The van der Waals surface area contributed by atoms with Gasteiger partial charge in [-0.15, -0.1) is 0 Å². The van der Waals surface area contributed by atoms with Gasteiger partial charge in [-0.2, -0.15) is 5.10 Å². The van der Waals surface area contributed by atoms with Crippen molar-refractivity contribution in [1.29, 1.82) is 0 Å². The van der Waals surface area contributed by atoms with Crippen LogP contribution in [-0.4, -0.2) is 40.6 Å². The molecule has 7 nitrogen and oxygen atoms in total. The molecule has 3 rings (SSSR count). The van der Waals surface area contributed by atoms with Crippen LogP contribution in [-0.2, 0) is 4.74 Å². The first-order valence-corrected chi connectivity index (χ1v) is 7.47. The van der Waals surface area contributed by atoms with E-state index in [1.54, 1.807) is 12.3 Å². The summed E-state index contributed by atoms with van der Waals surface area (Å²) in [6.45, 7) is 5.39. The van der Waals surface area contributed by atoms with Gasteiger partial charge in [0, 0.05) is 24.1 Å². The van der Waals surface area contributed by atoms with Crippen LogP contribution in [0.4, 0.5) is 0 Å². The van der Waals surface area contributed by atoms with E-state index in [1.165, 1.54) is 0 Å². The highest BCUT2D eigenvalue weighted by Crippen LogP contribution is 2.14. The Morgan fingerprint density at radius 3 is 2.95 bits per heavy atom. The van der Waals surface area contributed by atoms with Crippen LogP contribution in [0.3, 0.4) is 0 Å². The van der Waals surface area contributed by atoms with Crippen molar-refractivity contribution in [3.8, 4) is 0 Å². The molecule has 1 aromatic carbocycles. The molecular weight excluding hydrogens is 284 g/mol. The second-order valence-electron chi connectivity index (χ2n) is 4.52. The number of aromatic amines is 1. The van der Waals surface area contributed by atoms with Gasteiger partial charge in [0.25, 0.3) is 5.91 Å². The Kier molecular flexibility index (Phi) is 8.13. The minimum Gasteiger partial charge on any atom is -0.376 e. The van der Waals surface area contributed by atoms with E-state index in [2.05, 4.69) is 21.4 Å². The number of quaternary nitrogens is 1. The minimum atomic E-state index is -0.0615. The molecule has 1 aliphatic heterocycles. The highest BCUT2D eigenvalue weighted by Gasteiger charge is 2.16. The van der Waals surface area contributed by atoms with Crippen LogP contribution in [0.2, 0.25) is 0 Å². The number of ether oxygens (including phenoxy) is 1. The van der Waals surface area contributed by atoms with Gasteiger partial charge in [0.15, 0.2) is 0 Å². The molecule has 0 bridgehead atoms. The number of benzene rings is 1. The van der Waals surface area contributed by atoms with Crippen molar-refractivity contribution in [1.82, 2.24) is 15.5 Å². The van der Waals surface area contributed by atoms with E-state index in [0.717, 1.165) is 30.4 Å². The molecule has 1 fully saturated rings. The summed E-state index contributed by atoms with van der Waals surface area (Å²) in [4.78, 5) is 12.0. The third kappa shape index (κ3) is 4.80. The first kappa shape index (κ1) is 18.1. The molecule has 1 unspecified atom stereocenters. The van der Waals surface area contributed by atoms with Gasteiger partial charge in [0.2, 0.25) is 0 Å². The summed E-state index contributed by atoms with van der Waals surface area (Å²) in [5.41, 5.74) is 1.59. The number of nitrogens with one attached hydrogen (secondary N) is 2. The highest BCUT2D eigenvalue weighted by molar-refractivity contribution is 5.97. The lowest BCUT2D eigenvalue weighted by atomic mass is 10.1. The zero-order valence-electron chi connectivity index (χ0n) is 13.1. The summed E-state index contributed by atoms with van der Waals surface area (Å²) in [7, 11) is 0. The van der Waals surface area contributed by atoms with Gasteiger partial charge in [-0.3, -0.25) is 9.89 Å². The molecule has 1 aliphatic rings. The Hall–Kier alpha value is -1.96. The Morgan fingerprint density at radius 1 is 1.50 bits per heavy atom. The SMILES string of the molecule is CC.O=C(NCC1CCCO1)c1ccc2[nH]ncc2c1.[NH3+]O. The average molecular weight is 309 g/mol. The van der Waals surface area contributed by atoms with Gasteiger partial charge in [-0.25, -0.2) is 11.1 Å². The molecule has 1 aromatic heterocycles. The van der Waals surface area contributed by atoms with Gasteiger partial charge < -0.3 is 10.1 Å². The van der Waals surface area contributed by atoms with E-state index in [0.29, 0.717) is 12.1 Å². The van der Waals surface area contributed by atoms with Crippen molar-refractivity contribution in [2.45, 2.75) is 32.8 Å². The number of carbonyl (C=O) groups excluding carboxylic acids is 1. The number of aromatic nitrogens is 2. The van der Waals surface area contributed by atoms with Crippen LogP contribution < -0.4 is 11.2 Å². The predicted molar refractivity (Wildman–Crippen MR) is 83.4 cm³/mol. The van der Waals surface area contributed by atoms with E-state index in [-0.39, 0.29) is 12.0 Å². The monoisotopic (exact) mass is 309 g/mol. The molecule has 22 heavy (non-hydrogen) atoms. The van der Waals surface area contributed by atoms with Crippen LogP contribution in [0.1, 0.15) is 37.0 Å². The Morgan fingerprint density at radius 2 is 2.27 bits per heavy atom. The van der Waals surface area contributed by atoms with Crippen LogP contribution >= 0.6 is 0 Å².